The van der Waals surface area contributed by atoms with Crippen molar-refractivity contribution >= 4 is 33.2 Å². The zero-order valence-electron chi connectivity index (χ0n) is 17.3. The number of carbonyl (C=O) groups is 1. The van der Waals surface area contributed by atoms with E-state index in [0.717, 1.165) is 23.1 Å². The minimum Gasteiger partial charge on any atom is -0.378 e. The van der Waals surface area contributed by atoms with Crippen LogP contribution in [0.1, 0.15) is 27.5 Å². The normalized spacial score (nSPS) is 13.6. The third-order valence-corrected chi connectivity index (χ3v) is 6.36. The van der Waals surface area contributed by atoms with Crippen LogP contribution in [0.2, 0.25) is 0 Å². The lowest BCUT2D eigenvalue weighted by Crippen LogP contribution is -2.37. The molecule has 0 radical (unpaired) electrons. The zero-order valence-corrected chi connectivity index (χ0v) is 18.9. The van der Waals surface area contributed by atoms with Gasteiger partial charge in [0.25, 0.3) is 5.91 Å². The second kappa shape index (κ2) is 8.92. The summed E-state index contributed by atoms with van der Waals surface area (Å²) in [5, 5.41) is 3.16. The van der Waals surface area contributed by atoms with E-state index in [4.69, 9.17) is 0 Å². The number of rotatable bonds is 6. The van der Waals surface area contributed by atoms with E-state index in [2.05, 4.69) is 79.6 Å². The van der Waals surface area contributed by atoms with E-state index in [1.54, 1.807) is 0 Å². The van der Waals surface area contributed by atoms with Gasteiger partial charge in [-0.25, -0.2) is 0 Å². The summed E-state index contributed by atoms with van der Waals surface area (Å²) in [6.45, 7) is 1.49. The Morgan fingerprint density at radius 2 is 1.73 bits per heavy atom. The number of hydrogen-bond donors (Lipinski definition) is 1. The van der Waals surface area contributed by atoms with E-state index < -0.39 is 0 Å². The molecule has 1 N–H and O–H groups in total. The number of nitrogens with zero attached hydrogens (tertiary/aromatic N) is 2. The minimum absolute atomic E-state index is 0.0649. The van der Waals surface area contributed by atoms with Gasteiger partial charge in [0.15, 0.2) is 0 Å². The van der Waals surface area contributed by atoms with Gasteiger partial charge in [-0.05, 0) is 63.8 Å². The SMILES string of the molecule is CN(C)c1ccc([C@@H](CNC(=O)c2ccccc2Br)N2CCc3ccccc32)cc1. The highest BCUT2D eigenvalue weighted by Crippen LogP contribution is 2.35. The first-order valence-corrected chi connectivity index (χ1v) is 11.0. The number of fused-ring (bicyclic) bond motifs is 1. The number of para-hydroxylation sites is 1. The van der Waals surface area contributed by atoms with Gasteiger partial charge in [0.2, 0.25) is 0 Å². The predicted octanol–water partition coefficient (Wildman–Crippen LogP) is 5.05. The third kappa shape index (κ3) is 4.21. The summed E-state index contributed by atoms with van der Waals surface area (Å²) in [7, 11) is 4.09. The molecule has 1 atom stereocenters. The van der Waals surface area contributed by atoms with Gasteiger partial charge >= 0.3 is 0 Å². The summed E-state index contributed by atoms with van der Waals surface area (Å²) < 4.78 is 0.806. The van der Waals surface area contributed by atoms with E-state index in [9.17, 15) is 4.79 Å². The van der Waals surface area contributed by atoms with Gasteiger partial charge in [-0.15, -0.1) is 0 Å². The molecule has 3 aromatic carbocycles. The van der Waals surface area contributed by atoms with Crippen molar-refractivity contribution in [1.29, 1.82) is 0 Å². The molecule has 5 heteroatoms. The lowest BCUT2D eigenvalue weighted by molar-refractivity contribution is 0.0950. The molecule has 1 amide bonds. The molecule has 0 bridgehead atoms. The van der Waals surface area contributed by atoms with Crippen LogP contribution >= 0.6 is 15.9 Å². The van der Waals surface area contributed by atoms with Crippen LogP contribution in [0.25, 0.3) is 0 Å². The zero-order chi connectivity index (χ0) is 21.1. The quantitative estimate of drug-likeness (QED) is 0.555. The van der Waals surface area contributed by atoms with Crippen LogP contribution in [-0.4, -0.2) is 33.1 Å². The maximum atomic E-state index is 12.8. The molecule has 154 valence electrons. The number of amides is 1. The smallest absolute Gasteiger partial charge is 0.252 e. The van der Waals surface area contributed by atoms with E-state index in [1.165, 1.54) is 16.8 Å². The number of carbonyl (C=O) groups excluding carboxylic acids is 1. The number of benzene rings is 3. The van der Waals surface area contributed by atoms with Crippen molar-refractivity contribution in [3.63, 3.8) is 0 Å². The van der Waals surface area contributed by atoms with Gasteiger partial charge in [0.05, 0.1) is 11.6 Å². The van der Waals surface area contributed by atoms with Crippen molar-refractivity contribution in [2.24, 2.45) is 0 Å². The van der Waals surface area contributed by atoms with E-state index in [0.29, 0.717) is 12.1 Å². The Labute approximate surface area is 186 Å². The maximum Gasteiger partial charge on any atom is 0.252 e. The van der Waals surface area contributed by atoms with Crippen LogP contribution in [0.5, 0.6) is 0 Å². The first-order chi connectivity index (χ1) is 14.5. The monoisotopic (exact) mass is 463 g/mol. The van der Waals surface area contributed by atoms with Gasteiger partial charge in [0.1, 0.15) is 0 Å². The van der Waals surface area contributed by atoms with E-state index in [-0.39, 0.29) is 11.9 Å². The third-order valence-electron chi connectivity index (χ3n) is 5.67. The molecular weight excluding hydrogens is 438 g/mol. The molecular formula is C25H26BrN3O. The molecule has 0 spiro atoms. The van der Waals surface area contributed by atoms with Crippen molar-refractivity contribution in [2.45, 2.75) is 12.5 Å². The molecule has 1 heterocycles. The highest BCUT2D eigenvalue weighted by molar-refractivity contribution is 9.10. The van der Waals surface area contributed by atoms with Crippen LogP contribution in [-0.2, 0) is 6.42 Å². The number of halogens is 1. The first kappa shape index (κ1) is 20.5. The molecule has 0 fully saturated rings. The van der Waals surface area contributed by atoms with Gasteiger partial charge < -0.3 is 15.1 Å². The van der Waals surface area contributed by atoms with Crippen molar-refractivity contribution < 1.29 is 4.79 Å². The highest BCUT2D eigenvalue weighted by atomic mass is 79.9. The van der Waals surface area contributed by atoms with Crippen LogP contribution in [0, 0.1) is 0 Å². The molecule has 0 unspecified atom stereocenters. The van der Waals surface area contributed by atoms with Gasteiger partial charge in [0, 0.05) is 43.0 Å². The van der Waals surface area contributed by atoms with Gasteiger partial charge in [-0.2, -0.15) is 0 Å². The lowest BCUT2D eigenvalue weighted by Gasteiger charge is -2.31. The van der Waals surface area contributed by atoms with Crippen molar-refractivity contribution in [1.82, 2.24) is 5.32 Å². The van der Waals surface area contributed by atoms with Crippen molar-refractivity contribution in [3.05, 3.63) is 94.0 Å². The maximum absolute atomic E-state index is 12.8. The van der Waals surface area contributed by atoms with E-state index in [1.807, 2.05) is 38.4 Å². The second-order valence-corrected chi connectivity index (χ2v) is 8.62. The fourth-order valence-corrected chi connectivity index (χ4v) is 4.48. The largest absolute Gasteiger partial charge is 0.378 e. The predicted molar refractivity (Wildman–Crippen MR) is 127 cm³/mol. The Morgan fingerprint density at radius 3 is 2.47 bits per heavy atom. The molecule has 0 saturated carbocycles. The minimum atomic E-state index is -0.0649. The number of hydrogen-bond acceptors (Lipinski definition) is 3. The number of nitrogens with one attached hydrogen (secondary N) is 1. The van der Waals surface area contributed by atoms with Crippen LogP contribution in [0.3, 0.4) is 0 Å². The molecule has 30 heavy (non-hydrogen) atoms. The van der Waals surface area contributed by atoms with Crippen LogP contribution < -0.4 is 15.1 Å². The summed E-state index contributed by atoms with van der Waals surface area (Å²) in [6.07, 6.45) is 1.03. The molecule has 0 aliphatic carbocycles. The molecule has 3 aromatic rings. The van der Waals surface area contributed by atoms with Crippen LogP contribution in [0.4, 0.5) is 11.4 Å². The lowest BCUT2D eigenvalue weighted by atomic mass is 10.0. The van der Waals surface area contributed by atoms with Gasteiger partial charge in [-0.1, -0.05) is 42.5 Å². The van der Waals surface area contributed by atoms with Crippen molar-refractivity contribution in [2.75, 3.05) is 37.0 Å². The second-order valence-electron chi connectivity index (χ2n) is 7.76. The van der Waals surface area contributed by atoms with Crippen LogP contribution in [0.15, 0.2) is 77.3 Å². The molecule has 1 aliphatic heterocycles. The van der Waals surface area contributed by atoms with E-state index >= 15 is 0 Å². The topological polar surface area (TPSA) is 35.6 Å². The number of anilines is 2. The fraction of sp³-hybridized carbons (Fsp3) is 0.240. The first-order valence-electron chi connectivity index (χ1n) is 10.2. The molecule has 4 rings (SSSR count). The Morgan fingerprint density at radius 1 is 1.03 bits per heavy atom. The molecule has 1 aliphatic rings. The molecule has 0 saturated heterocycles. The Hall–Kier alpha value is -2.79. The fourth-order valence-electron chi connectivity index (χ4n) is 4.02. The Kier molecular flexibility index (Phi) is 6.09. The Bertz CT molecular complexity index is 1030. The summed E-state index contributed by atoms with van der Waals surface area (Å²) in [5.41, 5.74) is 5.64. The summed E-state index contributed by atoms with van der Waals surface area (Å²) in [4.78, 5) is 17.4. The highest BCUT2D eigenvalue weighted by Gasteiger charge is 2.27. The van der Waals surface area contributed by atoms with Crippen molar-refractivity contribution in [3.8, 4) is 0 Å². The molecule has 0 aromatic heterocycles. The van der Waals surface area contributed by atoms with Gasteiger partial charge in [-0.3, -0.25) is 4.79 Å². The average molecular weight is 464 g/mol. The standard InChI is InChI=1S/C25H26BrN3O/c1-28(2)20-13-11-19(12-14-20)24(29-16-15-18-7-3-6-10-23(18)29)17-27-25(30)21-8-4-5-9-22(21)26/h3-14,24H,15-17H2,1-2H3,(H,27,30)/t24-/m1/s1. The summed E-state index contributed by atoms with van der Waals surface area (Å²) in [6, 6.07) is 24.8. The molecule has 4 nitrogen and oxygen atoms in total. The Balaban J connectivity index is 1.61. The average Bonchev–Trinajstić information content (AvgIpc) is 3.18. The summed E-state index contributed by atoms with van der Waals surface area (Å²) in [5.74, 6) is -0.0649. The summed E-state index contributed by atoms with van der Waals surface area (Å²) >= 11 is 3.48.